The summed E-state index contributed by atoms with van der Waals surface area (Å²) in [6, 6.07) is 0.529. The molecule has 19 heavy (non-hydrogen) atoms. The third-order valence-corrected chi connectivity index (χ3v) is 4.84. The number of carboxylic acid groups (broad SMARTS) is 1. The highest BCUT2D eigenvalue weighted by molar-refractivity contribution is 7.89. The first-order valence-electron chi connectivity index (χ1n) is 5.59. The van der Waals surface area contributed by atoms with Crippen LogP contribution in [0.5, 0.6) is 0 Å². The molecule has 2 unspecified atom stereocenters. The van der Waals surface area contributed by atoms with E-state index in [0.717, 1.165) is 0 Å². The van der Waals surface area contributed by atoms with Crippen molar-refractivity contribution in [3.05, 3.63) is 12.3 Å². The van der Waals surface area contributed by atoms with Crippen LogP contribution in [0.4, 0.5) is 0 Å². The zero-order valence-corrected chi connectivity index (χ0v) is 11.3. The fraction of sp³-hybridized carbons (Fsp3) is 0.600. The Morgan fingerprint density at radius 2 is 2.37 bits per heavy atom. The monoisotopic (exact) mass is 289 g/mol. The van der Waals surface area contributed by atoms with Crippen LogP contribution in [-0.2, 0) is 26.6 Å². The summed E-state index contributed by atoms with van der Waals surface area (Å²) in [6.07, 6.45) is 1.36. The maximum Gasteiger partial charge on any atom is 0.313 e. The summed E-state index contributed by atoms with van der Waals surface area (Å²) in [4.78, 5) is 11.2. The van der Waals surface area contributed by atoms with Crippen molar-refractivity contribution >= 4 is 16.0 Å². The molecule has 8 nitrogen and oxygen atoms in total. The van der Waals surface area contributed by atoms with Gasteiger partial charge in [-0.1, -0.05) is 0 Å². The van der Waals surface area contributed by atoms with Gasteiger partial charge in [0.25, 0.3) is 10.0 Å². The first-order chi connectivity index (χ1) is 8.77. The number of nitrogens with one attached hydrogen (secondary N) is 1. The lowest BCUT2D eigenvalue weighted by atomic mass is 9.86. The van der Waals surface area contributed by atoms with Crippen LogP contribution in [0.2, 0.25) is 0 Å². The fourth-order valence-corrected chi connectivity index (χ4v) is 3.38. The van der Waals surface area contributed by atoms with Gasteiger partial charge in [-0.25, -0.2) is 13.1 Å². The van der Waals surface area contributed by atoms with Gasteiger partial charge in [0.2, 0.25) is 0 Å². The predicted octanol–water partition coefficient (Wildman–Crippen LogP) is -0.812. The maximum absolute atomic E-state index is 12.2. The zero-order valence-electron chi connectivity index (χ0n) is 10.5. The standard InChI is InChI=1S/C10H15N3O5S/c1-10(9(14)15)6-18-5-7(10)12-19(16,17)8-3-4-11-13(8)2/h3-4,7,12H,5-6H2,1-2H3,(H,14,15). The van der Waals surface area contributed by atoms with Gasteiger partial charge in [0.05, 0.1) is 25.5 Å². The minimum absolute atomic E-state index is 0.0212. The highest BCUT2D eigenvalue weighted by Crippen LogP contribution is 2.29. The van der Waals surface area contributed by atoms with Crippen LogP contribution in [-0.4, -0.2) is 48.5 Å². The summed E-state index contributed by atoms with van der Waals surface area (Å²) in [6.45, 7) is 1.46. The molecule has 1 saturated heterocycles. The van der Waals surface area contributed by atoms with Crippen molar-refractivity contribution < 1.29 is 23.1 Å². The van der Waals surface area contributed by atoms with Gasteiger partial charge in [0.15, 0.2) is 5.03 Å². The van der Waals surface area contributed by atoms with E-state index in [1.54, 1.807) is 0 Å². The van der Waals surface area contributed by atoms with Crippen molar-refractivity contribution in [1.82, 2.24) is 14.5 Å². The number of rotatable bonds is 4. The molecule has 2 rings (SSSR count). The number of carbonyl (C=O) groups is 1. The number of aryl methyl sites for hydroxylation is 1. The van der Waals surface area contributed by atoms with Gasteiger partial charge >= 0.3 is 5.97 Å². The summed E-state index contributed by atoms with van der Waals surface area (Å²) in [5.74, 6) is -1.09. The van der Waals surface area contributed by atoms with E-state index in [-0.39, 0.29) is 18.2 Å². The molecule has 0 spiro atoms. The minimum Gasteiger partial charge on any atom is -0.481 e. The topological polar surface area (TPSA) is 111 Å². The Morgan fingerprint density at radius 3 is 2.89 bits per heavy atom. The lowest BCUT2D eigenvalue weighted by Crippen LogP contribution is -2.49. The van der Waals surface area contributed by atoms with Crippen molar-refractivity contribution in [1.29, 1.82) is 0 Å². The van der Waals surface area contributed by atoms with Crippen LogP contribution in [0.15, 0.2) is 17.3 Å². The van der Waals surface area contributed by atoms with Gasteiger partial charge in [0.1, 0.15) is 5.41 Å². The van der Waals surface area contributed by atoms with Crippen LogP contribution in [0.25, 0.3) is 0 Å². The summed E-state index contributed by atoms with van der Waals surface area (Å²) in [5.41, 5.74) is -1.27. The number of aromatic nitrogens is 2. The number of nitrogens with zero attached hydrogens (tertiary/aromatic N) is 2. The Labute approximate surface area is 110 Å². The number of sulfonamides is 1. The first kappa shape index (κ1) is 14.0. The maximum atomic E-state index is 12.2. The molecule has 9 heteroatoms. The highest BCUT2D eigenvalue weighted by Gasteiger charge is 2.48. The summed E-state index contributed by atoms with van der Waals surface area (Å²) >= 11 is 0. The minimum atomic E-state index is -3.83. The summed E-state index contributed by atoms with van der Waals surface area (Å²) in [5, 5.41) is 13.0. The number of hydrogen-bond acceptors (Lipinski definition) is 5. The van der Waals surface area contributed by atoms with Crippen LogP contribution < -0.4 is 4.72 Å². The zero-order chi connectivity index (χ0) is 14.3. The fourth-order valence-electron chi connectivity index (χ4n) is 1.92. The molecule has 2 N–H and O–H groups in total. The van der Waals surface area contributed by atoms with Crippen molar-refractivity contribution in [2.75, 3.05) is 13.2 Å². The van der Waals surface area contributed by atoms with Crippen molar-refractivity contribution in [3.8, 4) is 0 Å². The molecular weight excluding hydrogens is 274 g/mol. The molecule has 1 aromatic heterocycles. The highest BCUT2D eigenvalue weighted by atomic mass is 32.2. The second-order valence-corrected chi connectivity index (χ2v) is 6.37. The Bertz CT molecular complexity index is 596. The normalized spacial score (nSPS) is 27.6. The molecule has 1 fully saturated rings. The third kappa shape index (κ3) is 2.36. The number of aliphatic carboxylic acids is 1. The van der Waals surface area contributed by atoms with Gasteiger partial charge in [-0.05, 0) is 13.0 Å². The first-order valence-corrected chi connectivity index (χ1v) is 7.07. The predicted molar refractivity (Wildman–Crippen MR) is 63.9 cm³/mol. The third-order valence-electron chi connectivity index (χ3n) is 3.29. The SMILES string of the molecule is Cn1nccc1S(=O)(=O)NC1COCC1(C)C(=O)O. The van der Waals surface area contributed by atoms with E-state index >= 15 is 0 Å². The lowest BCUT2D eigenvalue weighted by molar-refractivity contribution is -0.148. The lowest BCUT2D eigenvalue weighted by Gasteiger charge is -2.25. The van der Waals surface area contributed by atoms with Gasteiger partial charge in [-0.2, -0.15) is 5.10 Å². The molecule has 1 aliphatic heterocycles. The van der Waals surface area contributed by atoms with Crippen LogP contribution in [0.1, 0.15) is 6.92 Å². The molecule has 0 bridgehead atoms. The van der Waals surface area contributed by atoms with E-state index in [9.17, 15) is 18.3 Å². The summed E-state index contributed by atoms with van der Waals surface area (Å²) < 4.78 is 33.0. The van der Waals surface area contributed by atoms with E-state index in [0.29, 0.717) is 0 Å². The molecule has 2 heterocycles. The average Bonchev–Trinajstić information content (AvgIpc) is 2.87. The molecular formula is C10H15N3O5S. The van der Waals surface area contributed by atoms with Crippen LogP contribution in [0, 0.1) is 5.41 Å². The van der Waals surface area contributed by atoms with Crippen molar-refractivity contribution in [2.24, 2.45) is 12.5 Å². The van der Waals surface area contributed by atoms with E-state index in [1.165, 1.54) is 30.9 Å². The molecule has 0 aliphatic carbocycles. The Kier molecular flexibility index (Phi) is 3.37. The van der Waals surface area contributed by atoms with E-state index < -0.39 is 27.4 Å². The number of ether oxygens (including phenoxy) is 1. The second kappa shape index (κ2) is 4.58. The Hall–Kier alpha value is -1.45. The molecule has 2 atom stereocenters. The largest absolute Gasteiger partial charge is 0.481 e. The van der Waals surface area contributed by atoms with E-state index in [1.807, 2.05) is 0 Å². The Morgan fingerprint density at radius 1 is 1.68 bits per heavy atom. The van der Waals surface area contributed by atoms with Crippen molar-refractivity contribution in [2.45, 2.75) is 18.0 Å². The molecule has 0 radical (unpaired) electrons. The van der Waals surface area contributed by atoms with Gasteiger partial charge in [0, 0.05) is 7.05 Å². The van der Waals surface area contributed by atoms with Crippen LogP contribution >= 0.6 is 0 Å². The quantitative estimate of drug-likeness (QED) is 0.750. The number of hydrogen-bond donors (Lipinski definition) is 2. The molecule has 106 valence electrons. The van der Waals surface area contributed by atoms with Crippen LogP contribution in [0.3, 0.4) is 0 Å². The summed E-state index contributed by atoms with van der Waals surface area (Å²) in [7, 11) is -2.33. The Balaban J connectivity index is 2.27. The van der Waals surface area contributed by atoms with E-state index in [2.05, 4.69) is 9.82 Å². The molecule has 0 saturated carbocycles. The smallest absolute Gasteiger partial charge is 0.313 e. The van der Waals surface area contributed by atoms with Gasteiger partial charge < -0.3 is 9.84 Å². The van der Waals surface area contributed by atoms with Gasteiger partial charge in [-0.3, -0.25) is 9.48 Å². The van der Waals surface area contributed by atoms with Gasteiger partial charge in [-0.15, -0.1) is 0 Å². The van der Waals surface area contributed by atoms with E-state index in [4.69, 9.17) is 4.74 Å². The molecule has 1 aromatic rings. The molecule has 0 aromatic carbocycles. The average molecular weight is 289 g/mol. The second-order valence-electron chi connectivity index (χ2n) is 4.70. The molecule has 1 aliphatic rings. The number of carboxylic acids is 1. The molecule has 0 amide bonds. The van der Waals surface area contributed by atoms with Crippen molar-refractivity contribution in [3.63, 3.8) is 0 Å².